The van der Waals surface area contributed by atoms with Crippen molar-refractivity contribution in [2.24, 2.45) is 5.73 Å². The minimum atomic E-state index is 0.257. The Labute approximate surface area is 122 Å². The van der Waals surface area contributed by atoms with Crippen LogP contribution in [0.1, 0.15) is 24.4 Å². The Morgan fingerprint density at radius 3 is 2.75 bits per heavy atom. The molecule has 0 radical (unpaired) electrons. The number of ether oxygens (including phenoxy) is 1. The Morgan fingerprint density at radius 1 is 1.35 bits per heavy atom. The third-order valence-electron chi connectivity index (χ3n) is 4.20. The van der Waals surface area contributed by atoms with Crippen molar-refractivity contribution in [1.29, 1.82) is 0 Å². The third kappa shape index (κ3) is 3.95. The second kappa shape index (κ2) is 7.62. The summed E-state index contributed by atoms with van der Waals surface area (Å²) in [6.45, 7) is 5.32. The number of nitrogens with zero attached hydrogens (tertiary/aromatic N) is 2. The molecule has 1 fully saturated rings. The highest BCUT2D eigenvalue weighted by Gasteiger charge is 2.18. The zero-order valence-electron chi connectivity index (χ0n) is 12.7. The normalized spacial score (nSPS) is 17.6. The summed E-state index contributed by atoms with van der Waals surface area (Å²) in [5.74, 6) is 0.897. The van der Waals surface area contributed by atoms with Gasteiger partial charge in [0.05, 0.1) is 7.11 Å². The minimum Gasteiger partial charge on any atom is -0.497 e. The average molecular weight is 277 g/mol. The van der Waals surface area contributed by atoms with Gasteiger partial charge in [-0.3, -0.25) is 4.90 Å². The maximum Gasteiger partial charge on any atom is 0.119 e. The smallest absolute Gasteiger partial charge is 0.119 e. The summed E-state index contributed by atoms with van der Waals surface area (Å²) in [5.41, 5.74) is 7.22. The quantitative estimate of drug-likeness (QED) is 0.824. The molecule has 1 aromatic rings. The van der Waals surface area contributed by atoms with E-state index in [1.54, 1.807) is 7.11 Å². The number of hydrogen-bond acceptors (Lipinski definition) is 4. The van der Waals surface area contributed by atoms with Gasteiger partial charge >= 0.3 is 0 Å². The first-order chi connectivity index (χ1) is 9.74. The Morgan fingerprint density at radius 2 is 2.10 bits per heavy atom. The first-order valence-corrected chi connectivity index (χ1v) is 7.51. The number of nitrogens with two attached hydrogens (primary N) is 1. The summed E-state index contributed by atoms with van der Waals surface area (Å²) in [5, 5.41) is 0. The molecular weight excluding hydrogens is 250 g/mol. The van der Waals surface area contributed by atoms with Gasteiger partial charge in [-0.15, -0.1) is 0 Å². The van der Waals surface area contributed by atoms with Crippen LogP contribution in [0, 0.1) is 0 Å². The number of likely N-dealkylation sites (tertiary alicyclic amines) is 1. The average Bonchev–Trinajstić information content (AvgIpc) is 2.99. The second-order valence-corrected chi connectivity index (χ2v) is 5.56. The fraction of sp³-hybridized carbons (Fsp3) is 0.625. The first-order valence-electron chi connectivity index (χ1n) is 7.51. The van der Waals surface area contributed by atoms with Crippen molar-refractivity contribution in [1.82, 2.24) is 9.80 Å². The SMILES string of the molecule is COc1cccc(C(CN)N(C)CCN2CCCC2)c1. The summed E-state index contributed by atoms with van der Waals surface area (Å²) < 4.78 is 5.30. The Hall–Kier alpha value is -1.10. The molecule has 0 spiro atoms. The van der Waals surface area contributed by atoms with Gasteiger partial charge in [-0.2, -0.15) is 0 Å². The Kier molecular flexibility index (Phi) is 5.83. The van der Waals surface area contributed by atoms with Crippen LogP contribution in [0.4, 0.5) is 0 Å². The zero-order chi connectivity index (χ0) is 14.4. The van der Waals surface area contributed by atoms with E-state index in [-0.39, 0.29) is 6.04 Å². The molecule has 1 aromatic carbocycles. The topological polar surface area (TPSA) is 41.7 Å². The van der Waals surface area contributed by atoms with E-state index >= 15 is 0 Å². The molecule has 0 saturated carbocycles. The van der Waals surface area contributed by atoms with Gasteiger partial charge in [0.1, 0.15) is 5.75 Å². The van der Waals surface area contributed by atoms with Crippen LogP contribution in [0.25, 0.3) is 0 Å². The fourth-order valence-corrected chi connectivity index (χ4v) is 2.88. The summed E-state index contributed by atoms with van der Waals surface area (Å²) in [6, 6.07) is 8.48. The van der Waals surface area contributed by atoms with Crippen LogP contribution in [0.2, 0.25) is 0 Å². The van der Waals surface area contributed by atoms with Crippen LogP contribution in [0.3, 0.4) is 0 Å². The van der Waals surface area contributed by atoms with Gasteiger partial charge in [-0.05, 0) is 50.7 Å². The fourth-order valence-electron chi connectivity index (χ4n) is 2.88. The van der Waals surface area contributed by atoms with Gasteiger partial charge in [0.25, 0.3) is 0 Å². The van der Waals surface area contributed by atoms with Gasteiger partial charge in [-0.25, -0.2) is 0 Å². The molecule has 0 aliphatic carbocycles. The standard InChI is InChI=1S/C16H27N3O/c1-18(10-11-19-8-3-4-9-19)16(13-17)14-6-5-7-15(12-14)20-2/h5-7,12,16H,3-4,8-11,13,17H2,1-2H3. The minimum absolute atomic E-state index is 0.257. The van der Waals surface area contributed by atoms with E-state index in [0.29, 0.717) is 6.54 Å². The Bertz CT molecular complexity index is 404. The molecule has 1 heterocycles. The zero-order valence-corrected chi connectivity index (χ0v) is 12.7. The molecule has 1 aliphatic rings. The van der Waals surface area contributed by atoms with Crippen LogP contribution in [0.5, 0.6) is 5.75 Å². The summed E-state index contributed by atoms with van der Waals surface area (Å²) >= 11 is 0. The number of benzene rings is 1. The molecule has 0 aromatic heterocycles. The number of methoxy groups -OCH3 is 1. The molecule has 0 bridgehead atoms. The van der Waals surface area contributed by atoms with E-state index in [0.717, 1.165) is 18.8 Å². The van der Waals surface area contributed by atoms with Crippen LogP contribution < -0.4 is 10.5 Å². The van der Waals surface area contributed by atoms with Gasteiger partial charge in [0.15, 0.2) is 0 Å². The van der Waals surface area contributed by atoms with Gasteiger partial charge in [-0.1, -0.05) is 12.1 Å². The number of hydrogen-bond donors (Lipinski definition) is 1. The highest BCUT2D eigenvalue weighted by Crippen LogP contribution is 2.22. The molecule has 1 saturated heterocycles. The van der Waals surface area contributed by atoms with Gasteiger partial charge in [0, 0.05) is 25.7 Å². The third-order valence-corrected chi connectivity index (χ3v) is 4.20. The lowest BCUT2D eigenvalue weighted by Gasteiger charge is -2.29. The molecule has 4 nitrogen and oxygen atoms in total. The van der Waals surface area contributed by atoms with Crippen molar-refractivity contribution >= 4 is 0 Å². The Balaban J connectivity index is 1.94. The highest BCUT2D eigenvalue weighted by molar-refractivity contribution is 5.30. The molecular formula is C16H27N3O. The summed E-state index contributed by atoms with van der Waals surface area (Å²) in [7, 11) is 3.86. The van der Waals surface area contributed by atoms with Crippen LogP contribution >= 0.6 is 0 Å². The van der Waals surface area contributed by atoms with E-state index < -0.39 is 0 Å². The van der Waals surface area contributed by atoms with Crippen molar-refractivity contribution in [3.63, 3.8) is 0 Å². The predicted octanol–water partition coefficient (Wildman–Crippen LogP) is 1.72. The van der Waals surface area contributed by atoms with E-state index in [1.165, 1.54) is 31.5 Å². The van der Waals surface area contributed by atoms with E-state index in [2.05, 4.69) is 29.0 Å². The van der Waals surface area contributed by atoms with Crippen molar-refractivity contribution in [3.05, 3.63) is 29.8 Å². The lowest BCUT2D eigenvalue weighted by molar-refractivity contribution is 0.209. The molecule has 4 heteroatoms. The van der Waals surface area contributed by atoms with E-state index in [9.17, 15) is 0 Å². The van der Waals surface area contributed by atoms with Crippen molar-refractivity contribution < 1.29 is 4.74 Å². The van der Waals surface area contributed by atoms with Crippen molar-refractivity contribution in [2.45, 2.75) is 18.9 Å². The highest BCUT2D eigenvalue weighted by atomic mass is 16.5. The summed E-state index contributed by atoms with van der Waals surface area (Å²) in [4.78, 5) is 4.89. The van der Waals surface area contributed by atoms with Gasteiger partial charge < -0.3 is 15.4 Å². The molecule has 2 rings (SSSR count). The predicted molar refractivity (Wildman–Crippen MR) is 83.1 cm³/mol. The largest absolute Gasteiger partial charge is 0.497 e. The lowest BCUT2D eigenvalue weighted by atomic mass is 10.1. The number of likely N-dealkylation sites (N-methyl/N-ethyl adjacent to an activating group) is 1. The van der Waals surface area contributed by atoms with Crippen LogP contribution in [0.15, 0.2) is 24.3 Å². The molecule has 112 valence electrons. The summed E-state index contributed by atoms with van der Waals surface area (Å²) in [6.07, 6.45) is 2.69. The molecule has 1 atom stereocenters. The lowest BCUT2D eigenvalue weighted by Crippen LogP contribution is -2.36. The van der Waals surface area contributed by atoms with Crippen LogP contribution in [-0.2, 0) is 0 Å². The first kappa shape index (κ1) is 15.3. The molecule has 20 heavy (non-hydrogen) atoms. The molecule has 1 aliphatic heterocycles. The van der Waals surface area contributed by atoms with E-state index in [4.69, 9.17) is 10.5 Å². The molecule has 2 N–H and O–H groups in total. The van der Waals surface area contributed by atoms with Crippen molar-refractivity contribution in [2.75, 3.05) is 46.9 Å². The maximum atomic E-state index is 5.98. The molecule has 1 unspecified atom stereocenters. The maximum absolute atomic E-state index is 5.98. The van der Waals surface area contributed by atoms with E-state index in [1.807, 2.05) is 12.1 Å². The number of rotatable bonds is 7. The molecule has 0 amide bonds. The second-order valence-electron chi connectivity index (χ2n) is 5.56. The van der Waals surface area contributed by atoms with Crippen LogP contribution in [-0.4, -0.2) is 56.7 Å². The van der Waals surface area contributed by atoms with Gasteiger partial charge in [0.2, 0.25) is 0 Å². The van der Waals surface area contributed by atoms with Crippen molar-refractivity contribution in [3.8, 4) is 5.75 Å². The monoisotopic (exact) mass is 277 g/mol.